The van der Waals surface area contributed by atoms with Gasteiger partial charge in [-0.15, -0.1) is 0 Å². The van der Waals surface area contributed by atoms with E-state index in [1.165, 1.54) is 0 Å². The lowest BCUT2D eigenvalue weighted by molar-refractivity contribution is -0.125. The summed E-state index contributed by atoms with van der Waals surface area (Å²) in [6, 6.07) is 7.75. The number of benzene rings is 1. The number of methoxy groups -OCH3 is 1. The van der Waals surface area contributed by atoms with E-state index >= 15 is 0 Å². The van der Waals surface area contributed by atoms with Gasteiger partial charge in [-0.1, -0.05) is 25.0 Å². The first kappa shape index (κ1) is 22.3. The van der Waals surface area contributed by atoms with Gasteiger partial charge in [-0.05, 0) is 25.0 Å². The molecular weight excluding hydrogens is 398 g/mol. The van der Waals surface area contributed by atoms with Crippen LogP contribution in [0, 0.1) is 5.92 Å². The molecule has 0 spiro atoms. The highest BCUT2D eigenvalue weighted by Crippen LogP contribution is 2.31. The molecule has 3 aliphatic rings. The topological polar surface area (TPSA) is 94.5 Å². The zero-order valence-electron chi connectivity index (χ0n) is 18.3. The van der Waals surface area contributed by atoms with Gasteiger partial charge in [0.25, 0.3) is 0 Å². The number of carbonyl (C=O) groups is 1. The average molecular weight is 434 g/mol. The smallest absolute Gasteiger partial charge is 0.223 e. The highest BCUT2D eigenvalue weighted by atomic mass is 16.5. The Morgan fingerprint density at radius 2 is 1.87 bits per heavy atom. The third kappa shape index (κ3) is 4.82. The highest BCUT2D eigenvalue weighted by Gasteiger charge is 2.47. The molecule has 1 aromatic carbocycles. The Morgan fingerprint density at radius 1 is 1.16 bits per heavy atom. The second-order valence-electron chi connectivity index (χ2n) is 8.80. The number of ether oxygens (including phenoxy) is 2. The van der Waals surface area contributed by atoms with Crippen LogP contribution in [0.2, 0.25) is 0 Å². The van der Waals surface area contributed by atoms with Crippen LogP contribution in [0.4, 0.5) is 5.69 Å². The summed E-state index contributed by atoms with van der Waals surface area (Å²) in [5.41, 5.74) is 1.07. The SMILES string of the molecule is COc1ccccc1N1CCN(C2C(CNC(=O)C3CCCC3)OC(CO)C2O)CC1. The number of aliphatic hydroxyl groups excluding tert-OH is 2. The molecule has 1 amide bonds. The number of amides is 1. The molecule has 1 aromatic rings. The minimum Gasteiger partial charge on any atom is -0.495 e. The maximum absolute atomic E-state index is 12.5. The van der Waals surface area contributed by atoms with Crippen molar-refractivity contribution in [3.63, 3.8) is 0 Å². The molecule has 172 valence electrons. The molecule has 1 saturated carbocycles. The number of para-hydroxylation sites is 2. The monoisotopic (exact) mass is 433 g/mol. The van der Waals surface area contributed by atoms with E-state index in [9.17, 15) is 15.0 Å². The van der Waals surface area contributed by atoms with Crippen molar-refractivity contribution in [2.24, 2.45) is 5.92 Å². The quantitative estimate of drug-likeness (QED) is 0.580. The Hall–Kier alpha value is -1.87. The molecule has 1 aliphatic carbocycles. The number of aliphatic hydroxyl groups is 2. The van der Waals surface area contributed by atoms with Crippen LogP contribution in [-0.2, 0) is 9.53 Å². The zero-order valence-corrected chi connectivity index (χ0v) is 18.3. The molecule has 2 aliphatic heterocycles. The summed E-state index contributed by atoms with van der Waals surface area (Å²) in [4.78, 5) is 17.0. The van der Waals surface area contributed by atoms with Crippen molar-refractivity contribution in [1.82, 2.24) is 10.2 Å². The van der Waals surface area contributed by atoms with Crippen LogP contribution in [0.15, 0.2) is 24.3 Å². The predicted molar refractivity (Wildman–Crippen MR) is 117 cm³/mol. The molecule has 0 aromatic heterocycles. The minimum atomic E-state index is -0.781. The summed E-state index contributed by atoms with van der Waals surface area (Å²) in [6.45, 7) is 3.25. The molecule has 2 saturated heterocycles. The van der Waals surface area contributed by atoms with Gasteiger partial charge in [0.1, 0.15) is 18.0 Å². The number of nitrogens with zero attached hydrogens (tertiary/aromatic N) is 2. The Bertz CT molecular complexity index is 734. The van der Waals surface area contributed by atoms with E-state index in [2.05, 4.69) is 21.2 Å². The molecule has 0 bridgehead atoms. The van der Waals surface area contributed by atoms with Crippen molar-refractivity contribution < 1.29 is 24.5 Å². The van der Waals surface area contributed by atoms with E-state index in [4.69, 9.17) is 9.47 Å². The fourth-order valence-electron chi connectivity index (χ4n) is 5.28. The van der Waals surface area contributed by atoms with Crippen LogP contribution in [0.5, 0.6) is 5.75 Å². The van der Waals surface area contributed by atoms with Crippen LogP contribution in [0.1, 0.15) is 25.7 Å². The number of piperazine rings is 1. The maximum Gasteiger partial charge on any atom is 0.223 e. The van der Waals surface area contributed by atoms with E-state index in [0.717, 1.165) is 63.3 Å². The first-order valence-corrected chi connectivity index (χ1v) is 11.5. The highest BCUT2D eigenvalue weighted by molar-refractivity contribution is 5.78. The number of nitrogens with one attached hydrogen (secondary N) is 1. The largest absolute Gasteiger partial charge is 0.495 e. The number of carbonyl (C=O) groups excluding carboxylic acids is 1. The van der Waals surface area contributed by atoms with Crippen molar-refractivity contribution in [2.75, 3.05) is 51.3 Å². The van der Waals surface area contributed by atoms with Crippen LogP contribution in [0.3, 0.4) is 0 Å². The van der Waals surface area contributed by atoms with Crippen molar-refractivity contribution in [1.29, 1.82) is 0 Å². The molecule has 4 rings (SSSR count). The fraction of sp³-hybridized carbons (Fsp3) is 0.696. The van der Waals surface area contributed by atoms with Gasteiger partial charge in [-0.2, -0.15) is 0 Å². The predicted octanol–water partition coefficient (Wildman–Crippen LogP) is 0.613. The lowest BCUT2D eigenvalue weighted by atomic mass is 10.0. The van der Waals surface area contributed by atoms with E-state index in [1.54, 1.807) is 7.11 Å². The molecular formula is C23H35N3O5. The normalized spacial score (nSPS) is 30.0. The number of hydrogen-bond donors (Lipinski definition) is 3. The van der Waals surface area contributed by atoms with Crippen LogP contribution >= 0.6 is 0 Å². The first-order chi connectivity index (χ1) is 15.1. The fourth-order valence-corrected chi connectivity index (χ4v) is 5.28. The molecule has 3 N–H and O–H groups in total. The van der Waals surface area contributed by atoms with Gasteiger partial charge in [0.05, 0.1) is 31.5 Å². The number of rotatable bonds is 7. The van der Waals surface area contributed by atoms with Crippen molar-refractivity contribution >= 4 is 11.6 Å². The Balaban J connectivity index is 1.38. The van der Waals surface area contributed by atoms with Gasteiger partial charge in [0, 0.05) is 38.6 Å². The van der Waals surface area contributed by atoms with Gasteiger partial charge in [0.15, 0.2) is 0 Å². The third-order valence-electron chi connectivity index (χ3n) is 7.01. The maximum atomic E-state index is 12.5. The molecule has 0 radical (unpaired) electrons. The third-order valence-corrected chi connectivity index (χ3v) is 7.01. The molecule has 3 fully saturated rings. The molecule has 8 nitrogen and oxygen atoms in total. The standard InChI is InChI=1S/C23H35N3O5/c1-30-18-9-5-4-8-17(18)25-10-12-26(13-11-25)21-19(31-20(15-27)22(21)28)14-24-23(29)16-6-2-3-7-16/h4-5,8-9,16,19-22,27-28H,2-3,6-7,10-15H2,1H3,(H,24,29). The lowest BCUT2D eigenvalue weighted by Gasteiger charge is -2.41. The molecule has 4 unspecified atom stereocenters. The zero-order chi connectivity index (χ0) is 21.8. The van der Waals surface area contributed by atoms with Crippen LogP contribution in [-0.4, -0.2) is 91.8 Å². The summed E-state index contributed by atoms with van der Waals surface area (Å²) in [7, 11) is 1.68. The van der Waals surface area contributed by atoms with Gasteiger partial charge >= 0.3 is 0 Å². The Labute approximate surface area is 184 Å². The first-order valence-electron chi connectivity index (χ1n) is 11.5. The Morgan fingerprint density at radius 3 is 2.55 bits per heavy atom. The van der Waals surface area contributed by atoms with Crippen molar-refractivity contribution in [3.8, 4) is 5.75 Å². The number of hydrogen-bond acceptors (Lipinski definition) is 7. The van der Waals surface area contributed by atoms with Crippen molar-refractivity contribution in [2.45, 2.75) is 50.0 Å². The molecule has 4 atom stereocenters. The minimum absolute atomic E-state index is 0.0859. The molecule has 31 heavy (non-hydrogen) atoms. The number of anilines is 1. The van der Waals surface area contributed by atoms with Gasteiger partial charge < -0.3 is 29.9 Å². The van der Waals surface area contributed by atoms with E-state index in [-0.39, 0.29) is 30.6 Å². The van der Waals surface area contributed by atoms with Gasteiger partial charge in [-0.3, -0.25) is 9.69 Å². The Kier molecular flexibility index (Phi) is 7.32. The van der Waals surface area contributed by atoms with E-state index in [0.29, 0.717) is 6.54 Å². The lowest BCUT2D eigenvalue weighted by Crippen LogP contribution is -2.57. The van der Waals surface area contributed by atoms with Gasteiger partial charge in [0.2, 0.25) is 5.91 Å². The van der Waals surface area contributed by atoms with Gasteiger partial charge in [-0.25, -0.2) is 0 Å². The molecule has 2 heterocycles. The summed E-state index contributed by atoms with van der Waals surface area (Å²) >= 11 is 0. The summed E-state index contributed by atoms with van der Waals surface area (Å²) < 4.78 is 11.5. The summed E-state index contributed by atoms with van der Waals surface area (Å²) in [5.74, 6) is 1.04. The van der Waals surface area contributed by atoms with E-state index in [1.807, 2.05) is 18.2 Å². The molecule has 8 heteroatoms. The van der Waals surface area contributed by atoms with Crippen LogP contribution in [0.25, 0.3) is 0 Å². The summed E-state index contributed by atoms with van der Waals surface area (Å²) in [5, 5.41) is 23.5. The summed E-state index contributed by atoms with van der Waals surface area (Å²) in [6.07, 6.45) is 2.39. The average Bonchev–Trinajstić information content (AvgIpc) is 3.46. The van der Waals surface area contributed by atoms with Crippen LogP contribution < -0.4 is 15.0 Å². The second kappa shape index (κ2) is 10.2. The van der Waals surface area contributed by atoms with E-state index < -0.39 is 12.2 Å². The second-order valence-corrected chi connectivity index (χ2v) is 8.80. The van der Waals surface area contributed by atoms with Crippen molar-refractivity contribution in [3.05, 3.63) is 24.3 Å².